The van der Waals surface area contributed by atoms with Crippen LogP contribution in [0.15, 0.2) is 59.8 Å². The van der Waals surface area contributed by atoms with Gasteiger partial charge in [0.25, 0.3) is 0 Å². The fourth-order valence-corrected chi connectivity index (χ4v) is 2.15. The standard InChI is InChI=1S/C18H13ClF2N4O/c19-15-4-2-1-3-13(15)9-23-25-17-16(21)10-22-18(24-17)26-11-12-5-7-14(20)8-6-12/h1-10H,11H2,(H,22,24,25)/b23-9+. The second-order valence-electron chi connectivity index (χ2n) is 5.16. The van der Waals surface area contributed by atoms with Crippen LogP contribution in [-0.4, -0.2) is 16.2 Å². The fourth-order valence-electron chi connectivity index (χ4n) is 1.97. The highest BCUT2D eigenvalue weighted by atomic mass is 35.5. The first-order valence-electron chi connectivity index (χ1n) is 7.55. The van der Waals surface area contributed by atoms with Gasteiger partial charge in [-0.1, -0.05) is 41.9 Å². The van der Waals surface area contributed by atoms with E-state index in [1.165, 1.54) is 18.3 Å². The van der Waals surface area contributed by atoms with Crippen molar-refractivity contribution in [2.24, 2.45) is 5.10 Å². The van der Waals surface area contributed by atoms with E-state index in [0.29, 0.717) is 10.6 Å². The van der Waals surface area contributed by atoms with Crippen LogP contribution >= 0.6 is 11.6 Å². The summed E-state index contributed by atoms with van der Waals surface area (Å²) in [6.07, 6.45) is 2.42. The van der Waals surface area contributed by atoms with Gasteiger partial charge in [0, 0.05) is 10.6 Å². The summed E-state index contributed by atoms with van der Waals surface area (Å²) in [5.41, 5.74) is 3.89. The van der Waals surface area contributed by atoms with Crippen molar-refractivity contribution in [3.05, 3.63) is 82.5 Å². The molecule has 2 aromatic carbocycles. The maximum Gasteiger partial charge on any atom is 0.318 e. The van der Waals surface area contributed by atoms with E-state index in [-0.39, 0.29) is 24.3 Å². The van der Waals surface area contributed by atoms with E-state index >= 15 is 0 Å². The summed E-state index contributed by atoms with van der Waals surface area (Å²) >= 11 is 6.01. The summed E-state index contributed by atoms with van der Waals surface area (Å²) in [6.45, 7) is 0.119. The first-order valence-corrected chi connectivity index (χ1v) is 7.93. The zero-order chi connectivity index (χ0) is 18.4. The quantitative estimate of drug-likeness (QED) is 0.512. The van der Waals surface area contributed by atoms with Gasteiger partial charge in [-0.05, 0) is 23.8 Å². The molecule has 26 heavy (non-hydrogen) atoms. The van der Waals surface area contributed by atoms with Gasteiger partial charge in [0.2, 0.25) is 0 Å². The third kappa shape index (κ3) is 4.73. The third-order valence-corrected chi connectivity index (χ3v) is 3.63. The highest BCUT2D eigenvalue weighted by Crippen LogP contribution is 2.16. The van der Waals surface area contributed by atoms with Crippen LogP contribution in [-0.2, 0) is 6.61 Å². The number of hydrogen-bond donors (Lipinski definition) is 1. The molecule has 0 saturated carbocycles. The number of aromatic nitrogens is 2. The second-order valence-corrected chi connectivity index (χ2v) is 5.56. The fraction of sp³-hybridized carbons (Fsp3) is 0.0556. The van der Waals surface area contributed by atoms with E-state index in [0.717, 1.165) is 11.8 Å². The SMILES string of the molecule is Fc1ccc(COc2ncc(F)c(N/N=C/c3ccccc3Cl)n2)cc1. The molecule has 0 fully saturated rings. The molecule has 0 unspecified atom stereocenters. The molecule has 0 aliphatic rings. The minimum absolute atomic E-state index is 0.0360. The van der Waals surface area contributed by atoms with Gasteiger partial charge in [-0.2, -0.15) is 10.1 Å². The summed E-state index contributed by atoms with van der Waals surface area (Å²) in [5, 5.41) is 4.43. The van der Waals surface area contributed by atoms with Crippen molar-refractivity contribution >= 4 is 23.6 Å². The predicted octanol–water partition coefficient (Wildman–Crippen LogP) is 4.43. The van der Waals surface area contributed by atoms with Gasteiger partial charge in [0.05, 0.1) is 12.4 Å². The second kappa shape index (κ2) is 8.35. The molecule has 0 radical (unpaired) electrons. The molecule has 0 saturated heterocycles. The van der Waals surface area contributed by atoms with Crippen LogP contribution < -0.4 is 10.2 Å². The van der Waals surface area contributed by atoms with E-state index in [9.17, 15) is 8.78 Å². The van der Waals surface area contributed by atoms with Crippen LogP contribution in [0.25, 0.3) is 0 Å². The number of hydrazone groups is 1. The molecule has 1 aromatic heterocycles. The van der Waals surface area contributed by atoms with Crippen LogP contribution in [0.1, 0.15) is 11.1 Å². The number of rotatable bonds is 6. The number of ether oxygens (including phenoxy) is 1. The Morgan fingerprint density at radius 2 is 1.88 bits per heavy atom. The molecule has 0 bridgehead atoms. The molecular weight excluding hydrogens is 362 g/mol. The summed E-state index contributed by atoms with van der Waals surface area (Å²) in [6, 6.07) is 12.8. The lowest BCUT2D eigenvalue weighted by atomic mass is 10.2. The number of nitrogens with zero attached hydrogens (tertiary/aromatic N) is 3. The van der Waals surface area contributed by atoms with Gasteiger partial charge in [-0.15, -0.1) is 0 Å². The van der Waals surface area contributed by atoms with E-state index in [1.54, 1.807) is 36.4 Å². The van der Waals surface area contributed by atoms with Crippen molar-refractivity contribution in [3.63, 3.8) is 0 Å². The summed E-state index contributed by atoms with van der Waals surface area (Å²) in [7, 11) is 0. The van der Waals surface area contributed by atoms with Crippen LogP contribution in [0.5, 0.6) is 6.01 Å². The minimum Gasteiger partial charge on any atom is -0.459 e. The summed E-state index contributed by atoms with van der Waals surface area (Å²) in [5.74, 6) is -1.16. The molecule has 132 valence electrons. The molecule has 0 aliphatic carbocycles. The van der Waals surface area contributed by atoms with Crippen LogP contribution in [0.3, 0.4) is 0 Å². The van der Waals surface area contributed by atoms with Crippen LogP contribution in [0, 0.1) is 11.6 Å². The van der Waals surface area contributed by atoms with Crippen molar-refractivity contribution in [1.29, 1.82) is 0 Å². The van der Waals surface area contributed by atoms with E-state index < -0.39 is 5.82 Å². The highest BCUT2D eigenvalue weighted by Gasteiger charge is 2.07. The Bertz CT molecular complexity index is 919. The van der Waals surface area contributed by atoms with E-state index in [4.69, 9.17) is 16.3 Å². The Kier molecular flexibility index (Phi) is 5.70. The lowest BCUT2D eigenvalue weighted by Crippen LogP contribution is -2.04. The monoisotopic (exact) mass is 374 g/mol. The van der Waals surface area contributed by atoms with Crippen molar-refractivity contribution in [2.45, 2.75) is 6.61 Å². The molecule has 8 heteroatoms. The maximum absolute atomic E-state index is 13.8. The molecule has 1 N–H and O–H groups in total. The van der Waals surface area contributed by atoms with Crippen molar-refractivity contribution < 1.29 is 13.5 Å². The Hall–Kier alpha value is -3.06. The molecule has 3 aromatic rings. The zero-order valence-corrected chi connectivity index (χ0v) is 14.1. The molecule has 1 heterocycles. The molecule has 0 atom stereocenters. The lowest BCUT2D eigenvalue weighted by Gasteiger charge is -2.06. The number of anilines is 1. The molecule has 5 nitrogen and oxygen atoms in total. The van der Waals surface area contributed by atoms with Crippen molar-refractivity contribution in [3.8, 4) is 6.01 Å². The van der Waals surface area contributed by atoms with Crippen molar-refractivity contribution in [1.82, 2.24) is 9.97 Å². The Labute approximate surface area is 153 Å². The number of hydrogen-bond acceptors (Lipinski definition) is 5. The molecule has 0 spiro atoms. The average Bonchev–Trinajstić information content (AvgIpc) is 2.65. The van der Waals surface area contributed by atoms with E-state index in [2.05, 4.69) is 20.5 Å². The van der Waals surface area contributed by atoms with Gasteiger partial charge in [-0.25, -0.2) is 13.8 Å². The average molecular weight is 375 g/mol. The van der Waals surface area contributed by atoms with Gasteiger partial charge < -0.3 is 4.74 Å². The van der Waals surface area contributed by atoms with Crippen LogP contribution in [0.2, 0.25) is 5.02 Å². The van der Waals surface area contributed by atoms with E-state index in [1.807, 2.05) is 0 Å². The first-order chi connectivity index (χ1) is 12.6. The largest absolute Gasteiger partial charge is 0.459 e. The molecule has 0 amide bonds. The Morgan fingerprint density at radius 3 is 2.65 bits per heavy atom. The lowest BCUT2D eigenvalue weighted by molar-refractivity contribution is 0.279. The third-order valence-electron chi connectivity index (χ3n) is 3.28. The minimum atomic E-state index is -0.685. The predicted molar refractivity (Wildman–Crippen MR) is 95.4 cm³/mol. The summed E-state index contributed by atoms with van der Waals surface area (Å²) < 4.78 is 32.1. The number of benzene rings is 2. The van der Waals surface area contributed by atoms with Gasteiger partial charge in [-0.3, -0.25) is 5.43 Å². The van der Waals surface area contributed by atoms with Crippen molar-refractivity contribution in [2.75, 3.05) is 5.43 Å². The smallest absolute Gasteiger partial charge is 0.318 e. The normalized spacial score (nSPS) is 10.9. The van der Waals surface area contributed by atoms with Gasteiger partial charge >= 0.3 is 6.01 Å². The molecular formula is C18H13ClF2N4O. The Morgan fingerprint density at radius 1 is 1.12 bits per heavy atom. The number of halogens is 3. The first kappa shape index (κ1) is 17.8. The molecule has 3 rings (SSSR count). The highest BCUT2D eigenvalue weighted by molar-refractivity contribution is 6.33. The van der Waals surface area contributed by atoms with Gasteiger partial charge in [0.1, 0.15) is 12.4 Å². The summed E-state index contributed by atoms with van der Waals surface area (Å²) in [4.78, 5) is 7.67. The van der Waals surface area contributed by atoms with Gasteiger partial charge in [0.15, 0.2) is 11.6 Å². The maximum atomic E-state index is 13.8. The number of nitrogens with one attached hydrogen (secondary N) is 1. The zero-order valence-electron chi connectivity index (χ0n) is 13.4. The van der Waals surface area contributed by atoms with Crippen LogP contribution in [0.4, 0.5) is 14.6 Å². The topological polar surface area (TPSA) is 59.4 Å². The Balaban J connectivity index is 1.65. The molecule has 0 aliphatic heterocycles.